The Balaban J connectivity index is 1.66. The Morgan fingerprint density at radius 3 is 2.62 bits per heavy atom. The van der Waals surface area contributed by atoms with E-state index in [-0.39, 0.29) is 11.9 Å². The Morgan fingerprint density at radius 1 is 1.24 bits per heavy atom. The Morgan fingerprint density at radius 2 is 1.95 bits per heavy atom. The summed E-state index contributed by atoms with van der Waals surface area (Å²) >= 11 is 0. The molecule has 2 heterocycles. The molecule has 0 bridgehead atoms. The van der Waals surface area contributed by atoms with Crippen molar-refractivity contribution in [2.24, 2.45) is 0 Å². The highest BCUT2D eigenvalue weighted by Crippen LogP contribution is 2.22. The molecule has 21 heavy (non-hydrogen) atoms. The van der Waals surface area contributed by atoms with Gasteiger partial charge in [0.05, 0.1) is 30.1 Å². The van der Waals surface area contributed by atoms with Gasteiger partial charge in [-0.05, 0) is 31.0 Å². The minimum atomic E-state index is -0.0148. The molecule has 2 aromatic rings. The van der Waals surface area contributed by atoms with E-state index >= 15 is 0 Å². The highest BCUT2D eigenvalue weighted by molar-refractivity contribution is 5.94. The van der Waals surface area contributed by atoms with E-state index in [0.29, 0.717) is 24.2 Å². The van der Waals surface area contributed by atoms with E-state index < -0.39 is 0 Å². The summed E-state index contributed by atoms with van der Waals surface area (Å²) in [5, 5.41) is 17.2. The van der Waals surface area contributed by atoms with Crippen molar-refractivity contribution in [1.82, 2.24) is 19.9 Å². The van der Waals surface area contributed by atoms with E-state index in [4.69, 9.17) is 5.26 Å². The Kier molecular flexibility index (Phi) is 3.65. The van der Waals surface area contributed by atoms with Crippen molar-refractivity contribution < 1.29 is 4.79 Å². The largest absolute Gasteiger partial charge is 0.338 e. The maximum atomic E-state index is 12.4. The van der Waals surface area contributed by atoms with Gasteiger partial charge in [0.1, 0.15) is 0 Å². The molecule has 0 spiro atoms. The van der Waals surface area contributed by atoms with E-state index in [9.17, 15) is 4.79 Å². The molecule has 1 aromatic carbocycles. The fourth-order valence-corrected chi connectivity index (χ4v) is 2.62. The Bertz CT molecular complexity index is 666. The van der Waals surface area contributed by atoms with E-state index in [1.54, 1.807) is 41.5 Å². The lowest BCUT2D eigenvalue weighted by Gasteiger charge is -2.31. The van der Waals surface area contributed by atoms with Gasteiger partial charge >= 0.3 is 0 Å². The van der Waals surface area contributed by atoms with Crippen LogP contribution in [0.3, 0.4) is 0 Å². The van der Waals surface area contributed by atoms with Crippen LogP contribution in [0.2, 0.25) is 0 Å². The fourth-order valence-electron chi connectivity index (χ4n) is 2.62. The summed E-state index contributed by atoms with van der Waals surface area (Å²) < 4.78 is 0. The molecule has 0 N–H and O–H groups in total. The second kappa shape index (κ2) is 5.75. The van der Waals surface area contributed by atoms with Crippen LogP contribution < -0.4 is 0 Å². The SMILES string of the molecule is N#Cc1cccc(C(=O)N2CCC(n3nccn3)CC2)c1. The predicted octanol–water partition coefficient (Wildman–Crippen LogP) is 1.63. The topological polar surface area (TPSA) is 74.8 Å². The molecule has 0 unspecified atom stereocenters. The minimum Gasteiger partial charge on any atom is -0.338 e. The van der Waals surface area contributed by atoms with Gasteiger partial charge in [0, 0.05) is 18.7 Å². The smallest absolute Gasteiger partial charge is 0.253 e. The summed E-state index contributed by atoms with van der Waals surface area (Å²) in [6.07, 6.45) is 5.03. The number of amides is 1. The molecule has 1 amide bonds. The third-order valence-electron chi connectivity index (χ3n) is 3.75. The monoisotopic (exact) mass is 281 g/mol. The number of hydrogen-bond donors (Lipinski definition) is 0. The molecule has 0 radical (unpaired) electrons. The normalized spacial score (nSPS) is 15.7. The van der Waals surface area contributed by atoms with Gasteiger partial charge in [-0.1, -0.05) is 6.07 Å². The Hall–Kier alpha value is -2.68. The number of hydrogen-bond acceptors (Lipinski definition) is 4. The van der Waals surface area contributed by atoms with Gasteiger partial charge in [-0.3, -0.25) is 4.79 Å². The van der Waals surface area contributed by atoms with Crippen LogP contribution in [0.15, 0.2) is 36.7 Å². The summed E-state index contributed by atoms with van der Waals surface area (Å²) in [6, 6.07) is 9.16. The number of benzene rings is 1. The van der Waals surface area contributed by atoms with Crippen molar-refractivity contribution in [3.8, 4) is 6.07 Å². The van der Waals surface area contributed by atoms with Gasteiger partial charge in [-0.2, -0.15) is 20.3 Å². The second-order valence-corrected chi connectivity index (χ2v) is 5.07. The zero-order valence-corrected chi connectivity index (χ0v) is 11.5. The van der Waals surface area contributed by atoms with E-state index in [1.807, 2.05) is 4.90 Å². The second-order valence-electron chi connectivity index (χ2n) is 5.07. The molecule has 3 rings (SSSR count). The number of nitrogens with zero attached hydrogens (tertiary/aromatic N) is 5. The lowest BCUT2D eigenvalue weighted by atomic mass is 10.0. The summed E-state index contributed by atoms with van der Waals surface area (Å²) in [4.78, 5) is 16.0. The van der Waals surface area contributed by atoms with Crippen LogP contribution in [0.4, 0.5) is 0 Å². The lowest BCUT2D eigenvalue weighted by molar-refractivity contribution is 0.0684. The molecule has 1 aromatic heterocycles. The van der Waals surface area contributed by atoms with Crippen LogP contribution in [-0.2, 0) is 0 Å². The number of rotatable bonds is 2. The molecule has 6 heteroatoms. The first kappa shape index (κ1) is 13.3. The van der Waals surface area contributed by atoms with Gasteiger partial charge in [-0.25, -0.2) is 0 Å². The first-order valence-electron chi connectivity index (χ1n) is 6.93. The molecule has 0 saturated carbocycles. The zero-order chi connectivity index (χ0) is 14.7. The maximum absolute atomic E-state index is 12.4. The van der Waals surface area contributed by atoms with E-state index in [2.05, 4.69) is 16.3 Å². The molecule has 1 aliphatic heterocycles. The average molecular weight is 281 g/mol. The number of likely N-dealkylation sites (tertiary alicyclic amines) is 1. The number of carbonyl (C=O) groups excluding carboxylic acids is 1. The van der Waals surface area contributed by atoms with Gasteiger partial charge < -0.3 is 4.90 Å². The van der Waals surface area contributed by atoms with Crippen LogP contribution >= 0.6 is 0 Å². The standard InChI is InChI=1S/C15H15N5O/c16-11-12-2-1-3-13(10-12)15(21)19-8-4-14(5-9-19)20-17-6-7-18-20/h1-3,6-7,10,14H,4-5,8-9H2. The quantitative estimate of drug-likeness (QED) is 0.838. The number of nitriles is 1. The van der Waals surface area contributed by atoms with Crippen LogP contribution in [-0.4, -0.2) is 38.9 Å². The molecule has 1 fully saturated rings. The molecular weight excluding hydrogens is 266 g/mol. The van der Waals surface area contributed by atoms with Crippen molar-refractivity contribution in [2.75, 3.05) is 13.1 Å². The first-order chi connectivity index (χ1) is 10.3. The highest BCUT2D eigenvalue weighted by atomic mass is 16.2. The van der Waals surface area contributed by atoms with Crippen LogP contribution in [0.1, 0.15) is 34.8 Å². The van der Waals surface area contributed by atoms with Gasteiger partial charge in [0.15, 0.2) is 0 Å². The Labute approximate surface area is 122 Å². The maximum Gasteiger partial charge on any atom is 0.253 e. The van der Waals surface area contributed by atoms with Gasteiger partial charge in [-0.15, -0.1) is 0 Å². The molecule has 1 aliphatic rings. The third kappa shape index (κ3) is 2.77. The van der Waals surface area contributed by atoms with Crippen molar-refractivity contribution in [1.29, 1.82) is 5.26 Å². The van der Waals surface area contributed by atoms with Crippen molar-refractivity contribution in [3.63, 3.8) is 0 Å². The minimum absolute atomic E-state index is 0.0148. The third-order valence-corrected chi connectivity index (χ3v) is 3.75. The number of carbonyl (C=O) groups is 1. The van der Waals surface area contributed by atoms with Crippen LogP contribution in [0, 0.1) is 11.3 Å². The van der Waals surface area contributed by atoms with E-state index in [0.717, 1.165) is 12.8 Å². The van der Waals surface area contributed by atoms with Gasteiger partial charge in [0.2, 0.25) is 0 Å². The molecule has 1 saturated heterocycles. The molecule has 0 atom stereocenters. The van der Waals surface area contributed by atoms with E-state index in [1.165, 1.54) is 0 Å². The number of piperidine rings is 1. The average Bonchev–Trinajstić information content (AvgIpc) is 3.09. The van der Waals surface area contributed by atoms with Crippen LogP contribution in [0.5, 0.6) is 0 Å². The predicted molar refractivity (Wildman–Crippen MR) is 75.4 cm³/mol. The number of aromatic nitrogens is 3. The molecular formula is C15H15N5O. The first-order valence-corrected chi connectivity index (χ1v) is 6.93. The van der Waals surface area contributed by atoms with Crippen molar-refractivity contribution in [3.05, 3.63) is 47.8 Å². The molecule has 0 aliphatic carbocycles. The summed E-state index contributed by atoms with van der Waals surface area (Å²) in [5.74, 6) is -0.0148. The zero-order valence-electron chi connectivity index (χ0n) is 11.5. The van der Waals surface area contributed by atoms with Crippen molar-refractivity contribution in [2.45, 2.75) is 18.9 Å². The summed E-state index contributed by atoms with van der Waals surface area (Å²) in [5.41, 5.74) is 1.08. The summed E-state index contributed by atoms with van der Waals surface area (Å²) in [7, 11) is 0. The summed E-state index contributed by atoms with van der Waals surface area (Å²) in [6.45, 7) is 1.36. The fraction of sp³-hybridized carbons (Fsp3) is 0.333. The van der Waals surface area contributed by atoms with Crippen LogP contribution in [0.25, 0.3) is 0 Å². The molecule has 6 nitrogen and oxygen atoms in total. The lowest BCUT2D eigenvalue weighted by Crippen LogP contribution is -2.39. The molecule has 106 valence electrons. The van der Waals surface area contributed by atoms with Gasteiger partial charge in [0.25, 0.3) is 5.91 Å². The highest BCUT2D eigenvalue weighted by Gasteiger charge is 2.25. The van der Waals surface area contributed by atoms with Crippen molar-refractivity contribution >= 4 is 5.91 Å².